The van der Waals surface area contributed by atoms with Crippen LogP contribution >= 0.6 is 0 Å². The molecule has 0 bridgehead atoms. The first kappa shape index (κ1) is 13.4. The zero-order valence-corrected chi connectivity index (χ0v) is 9.45. The van der Waals surface area contributed by atoms with Crippen molar-refractivity contribution in [3.05, 3.63) is 0 Å². The van der Waals surface area contributed by atoms with Gasteiger partial charge in [0.15, 0.2) is 0 Å². The molecule has 1 aliphatic heterocycles. The van der Waals surface area contributed by atoms with E-state index in [-0.39, 0.29) is 36.4 Å². The van der Waals surface area contributed by atoms with E-state index >= 15 is 0 Å². The first-order valence-electron chi connectivity index (χ1n) is 5.24. The van der Waals surface area contributed by atoms with Crippen LogP contribution in [-0.4, -0.2) is 29.7 Å². The zero-order chi connectivity index (χ0) is 11.3. The van der Waals surface area contributed by atoms with Crippen molar-refractivity contribution >= 4 is 5.91 Å². The Labute approximate surface area is 85.9 Å². The van der Waals surface area contributed by atoms with Crippen molar-refractivity contribution in [2.45, 2.75) is 39.8 Å². The fourth-order valence-electron chi connectivity index (χ4n) is 1.59. The molecule has 0 aromatic rings. The molecule has 0 aromatic carbocycles. The van der Waals surface area contributed by atoms with E-state index in [0.29, 0.717) is 0 Å². The van der Waals surface area contributed by atoms with E-state index in [4.69, 9.17) is 10.8 Å². The van der Waals surface area contributed by atoms with Crippen LogP contribution in [0.2, 0.25) is 0 Å². The van der Waals surface area contributed by atoms with Crippen molar-refractivity contribution in [2.75, 3.05) is 6.61 Å². The third kappa shape index (κ3) is 2.69. The Hall–Kier alpha value is -0.610. The lowest BCUT2D eigenvalue weighted by Crippen LogP contribution is -2.66. The number of nitrogens with one attached hydrogen (secondary N) is 1. The number of nitrogens with two attached hydrogens (primary N) is 1. The van der Waals surface area contributed by atoms with E-state index in [1.807, 2.05) is 27.7 Å². The molecular formula is C10H22N2O2. The first-order valence-corrected chi connectivity index (χ1v) is 5.24. The average molecular weight is 202 g/mol. The Kier molecular flexibility index (Phi) is 5.72. The molecule has 1 saturated heterocycles. The standard InChI is InChI=1S/C8H16N2O2.C2H6/c1-4(3-11)7-6(5(2)9)8(12)10-7;1-2/h4-7,11H,3,9H2,1-2H3,(H,10,12);1-2H3. The number of aliphatic hydroxyl groups excluding tert-OH is 1. The quantitative estimate of drug-likeness (QED) is 0.568. The number of rotatable bonds is 3. The predicted octanol–water partition coefficient (Wildman–Crippen LogP) is 0.103. The molecule has 4 heteroatoms. The minimum Gasteiger partial charge on any atom is -0.396 e. The number of carbonyl (C=O) groups is 1. The topological polar surface area (TPSA) is 75.4 Å². The maximum absolute atomic E-state index is 11.0. The van der Waals surface area contributed by atoms with Gasteiger partial charge in [-0.3, -0.25) is 4.79 Å². The molecule has 4 N–H and O–H groups in total. The van der Waals surface area contributed by atoms with Gasteiger partial charge in [0.1, 0.15) is 0 Å². The number of aliphatic hydroxyl groups is 1. The summed E-state index contributed by atoms with van der Waals surface area (Å²) in [6.45, 7) is 7.81. The van der Waals surface area contributed by atoms with Crippen molar-refractivity contribution in [1.82, 2.24) is 5.32 Å². The molecule has 1 rings (SSSR count). The number of amides is 1. The van der Waals surface area contributed by atoms with Crippen LogP contribution in [0.1, 0.15) is 27.7 Å². The van der Waals surface area contributed by atoms with E-state index in [9.17, 15) is 4.79 Å². The Morgan fingerprint density at radius 3 is 2.29 bits per heavy atom. The summed E-state index contributed by atoms with van der Waals surface area (Å²) < 4.78 is 0. The number of carbonyl (C=O) groups excluding carboxylic acids is 1. The van der Waals surface area contributed by atoms with Gasteiger partial charge in [0, 0.05) is 24.6 Å². The monoisotopic (exact) mass is 202 g/mol. The van der Waals surface area contributed by atoms with E-state index < -0.39 is 0 Å². The highest BCUT2D eigenvalue weighted by atomic mass is 16.3. The third-order valence-electron chi connectivity index (χ3n) is 2.47. The highest BCUT2D eigenvalue weighted by molar-refractivity contribution is 5.86. The molecule has 14 heavy (non-hydrogen) atoms. The second-order valence-corrected chi connectivity index (χ2v) is 3.58. The molecule has 0 spiro atoms. The van der Waals surface area contributed by atoms with E-state index in [2.05, 4.69) is 5.32 Å². The molecule has 4 unspecified atom stereocenters. The van der Waals surface area contributed by atoms with Crippen molar-refractivity contribution < 1.29 is 9.90 Å². The van der Waals surface area contributed by atoms with Crippen LogP contribution in [0, 0.1) is 11.8 Å². The van der Waals surface area contributed by atoms with E-state index in [0.717, 1.165) is 0 Å². The summed E-state index contributed by atoms with van der Waals surface area (Å²) in [5, 5.41) is 11.6. The van der Waals surface area contributed by atoms with Crippen LogP contribution < -0.4 is 11.1 Å². The molecule has 0 aliphatic carbocycles. The summed E-state index contributed by atoms with van der Waals surface area (Å²) >= 11 is 0. The molecule has 84 valence electrons. The van der Waals surface area contributed by atoms with Crippen LogP contribution in [0.15, 0.2) is 0 Å². The van der Waals surface area contributed by atoms with Crippen molar-refractivity contribution in [2.24, 2.45) is 17.6 Å². The Morgan fingerprint density at radius 1 is 1.50 bits per heavy atom. The third-order valence-corrected chi connectivity index (χ3v) is 2.47. The fourth-order valence-corrected chi connectivity index (χ4v) is 1.59. The lowest BCUT2D eigenvalue weighted by atomic mass is 9.78. The van der Waals surface area contributed by atoms with Crippen LogP contribution in [0.25, 0.3) is 0 Å². The second kappa shape index (κ2) is 5.98. The van der Waals surface area contributed by atoms with Gasteiger partial charge in [-0.25, -0.2) is 0 Å². The van der Waals surface area contributed by atoms with Gasteiger partial charge in [-0.15, -0.1) is 0 Å². The van der Waals surface area contributed by atoms with Gasteiger partial charge < -0.3 is 16.2 Å². The highest BCUT2D eigenvalue weighted by Crippen LogP contribution is 2.23. The van der Waals surface area contributed by atoms with Crippen molar-refractivity contribution in [3.63, 3.8) is 0 Å². The predicted molar refractivity (Wildman–Crippen MR) is 56.7 cm³/mol. The maximum Gasteiger partial charge on any atom is 0.227 e. The second-order valence-electron chi connectivity index (χ2n) is 3.58. The molecular weight excluding hydrogens is 180 g/mol. The molecule has 0 radical (unpaired) electrons. The molecule has 0 aromatic heterocycles. The van der Waals surface area contributed by atoms with Gasteiger partial charge >= 0.3 is 0 Å². The van der Waals surface area contributed by atoms with Crippen molar-refractivity contribution in [1.29, 1.82) is 0 Å². The maximum atomic E-state index is 11.0. The normalized spacial score (nSPS) is 29.1. The Morgan fingerprint density at radius 2 is 2.00 bits per heavy atom. The zero-order valence-electron chi connectivity index (χ0n) is 9.45. The molecule has 1 amide bonds. The summed E-state index contributed by atoms with van der Waals surface area (Å²) in [5.74, 6) is -0.0128. The molecule has 1 heterocycles. The van der Waals surface area contributed by atoms with Gasteiger partial charge in [-0.05, 0) is 6.92 Å². The minimum absolute atomic E-state index is 0.00954. The Bertz CT molecular complexity index is 183. The van der Waals surface area contributed by atoms with Gasteiger partial charge in [0.2, 0.25) is 5.91 Å². The summed E-state index contributed by atoms with van der Waals surface area (Å²) in [5.41, 5.74) is 5.63. The van der Waals surface area contributed by atoms with Gasteiger partial charge in [-0.2, -0.15) is 0 Å². The molecule has 1 aliphatic rings. The van der Waals surface area contributed by atoms with Crippen molar-refractivity contribution in [3.8, 4) is 0 Å². The lowest BCUT2D eigenvalue weighted by Gasteiger charge is -2.42. The molecule has 4 nitrogen and oxygen atoms in total. The molecule has 0 saturated carbocycles. The Balaban J connectivity index is 0.000000791. The van der Waals surface area contributed by atoms with Crippen LogP contribution in [0.5, 0.6) is 0 Å². The summed E-state index contributed by atoms with van der Waals surface area (Å²) in [6, 6.07) is -0.0692. The summed E-state index contributed by atoms with van der Waals surface area (Å²) in [7, 11) is 0. The molecule has 1 fully saturated rings. The molecule has 4 atom stereocenters. The summed E-state index contributed by atoms with van der Waals surface area (Å²) in [4.78, 5) is 11.0. The number of β-lactam (4-membered cyclic amide) rings is 1. The van der Waals surface area contributed by atoms with E-state index in [1.165, 1.54) is 0 Å². The largest absolute Gasteiger partial charge is 0.396 e. The average Bonchev–Trinajstić information content (AvgIpc) is 2.15. The van der Waals surface area contributed by atoms with Crippen LogP contribution in [0.4, 0.5) is 0 Å². The van der Waals surface area contributed by atoms with Gasteiger partial charge in [0.05, 0.1) is 5.92 Å². The van der Waals surface area contributed by atoms with Crippen LogP contribution in [0.3, 0.4) is 0 Å². The first-order chi connectivity index (χ1) is 6.57. The summed E-state index contributed by atoms with van der Waals surface area (Å²) in [6.07, 6.45) is 0. The van der Waals surface area contributed by atoms with Gasteiger partial charge in [-0.1, -0.05) is 20.8 Å². The highest BCUT2D eigenvalue weighted by Gasteiger charge is 2.43. The minimum atomic E-state index is -0.127. The number of hydrogen-bond acceptors (Lipinski definition) is 3. The van der Waals surface area contributed by atoms with E-state index in [1.54, 1.807) is 0 Å². The lowest BCUT2D eigenvalue weighted by molar-refractivity contribution is -0.138. The number of hydrogen-bond donors (Lipinski definition) is 3. The SMILES string of the molecule is CC.CC(N)C1C(=O)NC1C(C)CO. The van der Waals surface area contributed by atoms with Crippen LogP contribution in [-0.2, 0) is 4.79 Å². The van der Waals surface area contributed by atoms with Gasteiger partial charge in [0.25, 0.3) is 0 Å². The smallest absolute Gasteiger partial charge is 0.227 e. The fraction of sp³-hybridized carbons (Fsp3) is 0.900.